The minimum atomic E-state index is 0.131. The van der Waals surface area contributed by atoms with E-state index in [0.29, 0.717) is 12.0 Å². The lowest BCUT2D eigenvalue weighted by Gasteiger charge is -2.25. The van der Waals surface area contributed by atoms with Crippen LogP contribution in [-0.2, 0) is 0 Å². The topological polar surface area (TPSA) is 45.2 Å². The largest absolute Gasteiger partial charge is 0.342 e. The third kappa shape index (κ3) is 3.18. The second kappa shape index (κ2) is 5.33. The minimum Gasteiger partial charge on any atom is -0.342 e. The van der Waals surface area contributed by atoms with Gasteiger partial charge in [-0.2, -0.15) is 15.0 Å². The maximum Gasteiger partial charge on any atom is 0.230 e. The first-order valence-corrected chi connectivity index (χ1v) is 6.30. The molecule has 1 unspecified atom stereocenters. The molecule has 0 N–H and O–H groups in total. The van der Waals surface area contributed by atoms with Crippen molar-refractivity contribution < 1.29 is 0 Å². The molecule has 1 aromatic heterocycles. The molecule has 0 bridgehead atoms. The molecule has 0 amide bonds. The highest BCUT2D eigenvalue weighted by Gasteiger charge is 2.23. The fraction of sp³-hybridized carbons (Fsp3) is 0.700. The van der Waals surface area contributed by atoms with Gasteiger partial charge in [0.15, 0.2) is 0 Å². The van der Waals surface area contributed by atoms with Crippen LogP contribution in [0.5, 0.6) is 0 Å². The number of halogens is 2. The first-order chi connectivity index (χ1) is 8.06. The summed E-state index contributed by atoms with van der Waals surface area (Å²) in [6.07, 6.45) is 2.45. The van der Waals surface area contributed by atoms with E-state index < -0.39 is 0 Å². The standard InChI is InChI=1S/C10H15Cl2N5/c1-16-5-3-4-7(16)6-17(2)10-14-8(11)13-9(12)15-10/h7H,3-6H2,1-2H3. The second-order valence-corrected chi connectivity index (χ2v) is 5.01. The third-order valence-electron chi connectivity index (χ3n) is 3.07. The van der Waals surface area contributed by atoms with Gasteiger partial charge in [0.05, 0.1) is 0 Å². The third-order valence-corrected chi connectivity index (χ3v) is 3.40. The van der Waals surface area contributed by atoms with Gasteiger partial charge in [-0.25, -0.2) is 0 Å². The van der Waals surface area contributed by atoms with E-state index >= 15 is 0 Å². The fourth-order valence-electron chi connectivity index (χ4n) is 2.09. The molecule has 1 aliphatic heterocycles. The van der Waals surface area contributed by atoms with E-state index in [1.165, 1.54) is 12.8 Å². The Morgan fingerprint density at radius 3 is 2.47 bits per heavy atom. The Morgan fingerprint density at radius 2 is 1.94 bits per heavy atom. The predicted molar refractivity (Wildman–Crippen MR) is 68.8 cm³/mol. The molecule has 2 heterocycles. The van der Waals surface area contributed by atoms with Gasteiger partial charge in [0, 0.05) is 19.6 Å². The number of aromatic nitrogens is 3. The normalized spacial score (nSPS) is 20.8. The molecule has 1 aromatic rings. The van der Waals surface area contributed by atoms with Crippen molar-refractivity contribution in [3.63, 3.8) is 0 Å². The van der Waals surface area contributed by atoms with Crippen LogP contribution < -0.4 is 4.90 Å². The SMILES string of the molecule is CN(CC1CCCN1C)c1nc(Cl)nc(Cl)n1. The smallest absolute Gasteiger partial charge is 0.230 e. The molecule has 0 radical (unpaired) electrons. The van der Waals surface area contributed by atoms with Crippen molar-refractivity contribution in [2.45, 2.75) is 18.9 Å². The maximum absolute atomic E-state index is 5.76. The Morgan fingerprint density at radius 1 is 1.29 bits per heavy atom. The number of nitrogens with zero attached hydrogens (tertiary/aromatic N) is 5. The van der Waals surface area contributed by atoms with Gasteiger partial charge in [0.1, 0.15) is 0 Å². The highest BCUT2D eigenvalue weighted by Crippen LogP contribution is 2.18. The van der Waals surface area contributed by atoms with Gasteiger partial charge in [-0.3, -0.25) is 0 Å². The number of anilines is 1. The van der Waals surface area contributed by atoms with E-state index in [4.69, 9.17) is 23.2 Å². The van der Waals surface area contributed by atoms with Crippen LogP contribution in [0.2, 0.25) is 10.6 Å². The van der Waals surface area contributed by atoms with Gasteiger partial charge in [0.25, 0.3) is 0 Å². The van der Waals surface area contributed by atoms with Crippen molar-refractivity contribution in [2.24, 2.45) is 0 Å². The zero-order valence-corrected chi connectivity index (χ0v) is 11.4. The molecule has 0 aromatic carbocycles. The Bertz CT molecular complexity index is 380. The van der Waals surface area contributed by atoms with Crippen LogP contribution in [0, 0.1) is 0 Å². The van der Waals surface area contributed by atoms with Crippen LogP contribution in [0.4, 0.5) is 5.95 Å². The summed E-state index contributed by atoms with van der Waals surface area (Å²) in [6, 6.07) is 0.536. The Labute approximate surface area is 111 Å². The van der Waals surface area contributed by atoms with Gasteiger partial charge in [-0.15, -0.1) is 0 Å². The van der Waals surface area contributed by atoms with E-state index in [0.717, 1.165) is 13.1 Å². The molecule has 1 atom stereocenters. The lowest BCUT2D eigenvalue weighted by Crippen LogP contribution is -2.37. The van der Waals surface area contributed by atoms with Crippen molar-refractivity contribution >= 4 is 29.2 Å². The molecule has 7 heteroatoms. The number of likely N-dealkylation sites (N-methyl/N-ethyl adjacent to an activating group) is 2. The number of hydrogen-bond donors (Lipinski definition) is 0. The van der Waals surface area contributed by atoms with Crippen molar-refractivity contribution in [3.05, 3.63) is 10.6 Å². The number of likely N-dealkylation sites (tertiary alicyclic amines) is 1. The summed E-state index contributed by atoms with van der Waals surface area (Å²) in [6.45, 7) is 2.02. The molecule has 2 rings (SSSR count). The summed E-state index contributed by atoms with van der Waals surface area (Å²) in [4.78, 5) is 16.2. The predicted octanol–water partition coefficient (Wildman–Crippen LogP) is 1.71. The summed E-state index contributed by atoms with van der Waals surface area (Å²) in [5.41, 5.74) is 0. The highest BCUT2D eigenvalue weighted by atomic mass is 35.5. The molecule has 1 fully saturated rings. The molecule has 1 saturated heterocycles. The van der Waals surface area contributed by atoms with E-state index in [-0.39, 0.29) is 10.6 Å². The van der Waals surface area contributed by atoms with Gasteiger partial charge >= 0.3 is 0 Å². The van der Waals surface area contributed by atoms with Crippen LogP contribution in [0.15, 0.2) is 0 Å². The molecule has 17 heavy (non-hydrogen) atoms. The first kappa shape index (κ1) is 12.8. The van der Waals surface area contributed by atoms with Crippen molar-refractivity contribution in [1.82, 2.24) is 19.9 Å². The zero-order chi connectivity index (χ0) is 12.4. The van der Waals surface area contributed by atoms with Crippen molar-refractivity contribution in [2.75, 3.05) is 32.1 Å². The van der Waals surface area contributed by atoms with Gasteiger partial charge in [0.2, 0.25) is 16.5 Å². The monoisotopic (exact) mass is 275 g/mol. The Hall–Kier alpha value is -0.650. The minimum absolute atomic E-state index is 0.131. The van der Waals surface area contributed by atoms with E-state index in [1.807, 2.05) is 11.9 Å². The number of hydrogen-bond acceptors (Lipinski definition) is 5. The van der Waals surface area contributed by atoms with Crippen LogP contribution in [0.1, 0.15) is 12.8 Å². The summed E-state index contributed by atoms with van der Waals surface area (Å²) < 4.78 is 0. The summed E-state index contributed by atoms with van der Waals surface area (Å²) in [5, 5.41) is 0.262. The summed E-state index contributed by atoms with van der Waals surface area (Å²) in [7, 11) is 4.08. The molecule has 0 saturated carbocycles. The summed E-state index contributed by atoms with van der Waals surface area (Å²) in [5.74, 6) is 0.523. The van der Waals surface area contributed by atoms with E-state index in [9.17, 15) is 0 Å². The molecule has 0 aliphatic carbocycles. The van der Waals surface area contributed by atoms with Crippen molar-refractivity contribution in [3.8, 4) is 0 Å². The molecule has 94 valence electrons. The fourth-order valence-corrected chi connectivity index (χ4v) is 2.45. The Kier molecular flexibility index (Phi) is 4.01. The van der Waals surface area contributed by atoms with Crippen molar-refractivity contribution in [1.29, 1.82) is 0 Å². The first-order valence-electron chi connectivity index (χ1n) is 5.54. The molecular weight excluding hydrogens is 261 g/mol. The van der Waals surface area contributed by atoms with Crippen LogP contribution in [-0.4, -0.2) is 53.1 Å². The van der Waals surface area contributed by atoms with Gasteiger partial charge in [-0.1, -0.05) is 0 Å². The molecule has 0 spiro atoms. The van der Waals surface area contributed by atoms with E-state index in [2.05, 4.69) is 26.9 Å². The average Bonchev–Trinajstić information content (AvgIpc) is 2.63. The molecule has 1 aliphatic rings. The zero-order valence-electron chi connectivity index (χ0n) is 9.90. The summed E-state index contributed by atoms with van der Waals surface area (Å²) >= 11 is 11.5. The molecular formula is C10H15Cl2N5. The number of rotatable bonds is 3. The Balaban J connectivity index is 2.06. The lowest BCUT2D eigenvalue weighted by atomic mass is 10.2. The maximum atomic E-state index is 5.76. The lowest BCUT2D eigenvalue weighted by molar-refractivity contribution is 0.313. The molecule has 5 nitrogen and oxygen atoms in total. The highest BCUT2D eigenvalue weighted by molar-refractivity contribution is 6.31. The van der Waals surface area contributed by atoms with Crippen LogP contribution in [0.3, 0.4) is 0 Å². The average molecular weight is 276 g/mol. The van der Waals surface area contributed by atoms with Crippen LogP contribution >= 0.6 is 23.2 Å². The van der Waals surface area contributed by atoms with Crippen LogP contribution in [0.25, 0.3) is 0 Å². The quantitative estimate of drug-likeness (QED) is 0.841. The van der Waals surface area contributed by atoms with Gasteiger partial charge < -0.3 is 9.80 Å². The van der Waals surface area contributed by atoms with Gasteiger partial charge in [-0.05, 0) is 49.6 Å². The second-order valence-electron chi connectivity index (χ2n) is 4.33. The van der Waals surface area contributed by atoms with E-state index in [1.54, 1.807) is 0 Å².